The lowest BCUT2D eigenvalue weighted by Gasteiger charge is -2.59. The van der Waals surface area contributed by atoms with Gasteiger partial charge in [-0.05, 0) is 87.9 Å². The first kappa shape index (κ1) is 15.9. The van der Waals surface area contributed by atoms with Crippen LogP contribution in [-0.4, -0.2) is 0 Å². The Labute approximate surface area is 136 Å². The van der Waals surface area contributed by atoms with E-state index in [1.165, 1.54) is 30.4 Å². The van der Waals surface area contributed by atoms with Crippen LogP contribution in [0.4, 0.5) is 0 Å². The molecule has 22 heavy (non-hydrogen) atoms. The smallest absolute Gasteiger partial charge is 0.0689 e. The largest absolute Gasteiger partial charge is 0.198 e. The minimum absolute atomic E-state index is 0.106. The molecule has 3 rings (SSSR count). The van der Waals surface area contributed by atoms with Crippen LogP contribution in [0, 0.1) is 52.3 Å². The van der Waals surface area contributed by atoms with Crippen LogP contribution in [0.5, 0.6) is 0 Å². The van der Waals surface area contributed by atoms with Crippen LogP contribution in [0.25, 0.3) is 0 Å². The molecule has 0 saturated heterocycles. The summed E-state index contributed by atoms with van der Waals surface area (Å²) in [4.78, 5) is 0. The summed E-state index contributed by atoms with van der Waals surface area (Å²) < 4.78 is 0. The van der Waals surface area contributed by atoms with Gasteiger partial charge in [-0.15, -0.1) is 6.58 Å². The summed E-state index contributed by atoms with van der Waals surface area (Å²) in [6.45, 7) is 15.5. The predicted octanol–water partition coefficient (Wildman–Crippen LogP) is 5.75. The molecule has 0 amide bonds. The number of hydrogen-bond donors (Lipinski definition) is 0. The van der Waals surface area contributed by atoms with E-state index in [2.05, 4.69) is 40.0 Å². The fourth-order valence-corrected chi connectivity index (χ4v) is 6.28. The Hall–Kier alpha value is -1.03. The Bertz CT molecular complexity index is 525. The molecule has 0 aromatic rings. The van der Waals surface area contributed by atoms with E-state index in [1.807, 2.05) is 0 Å². The van der Waals surface area contributed by atoms with Crippen molar-refractivity contribution in [2.45, 2.75) is 59.3 Å². The normalized spacial score (nSPS) is 47.5. The van der Waals surface area contributed by atoms with E-state index < -0.39 is 0 Å². The van der Waals surface area contributed by atoms with Crippen LogP contribution in [0.3, 0.4) is 0 Å². The second kappa shape index (κ2) is 5.55. The molecule has 7 atom stereocenters. The summed E-state index contributed by atoms with van der Waals surface area (Å²) in [7, 11) is 0. The van der Waals surface area contributed by atoms with Crippen LogP contribution < -0.4 is 0 Å². The highest BCUT2D eigenvalue weighted by atomic mass is 14.6. The van der Waals surface area contributed by atoms with Crippen molar-refractivity contribution in [1.82, 2.24) is 0 Å². The molecule has 1 nitrogen and oxygen atoms in total. The molecule has 3 saturated carbocycles. The van der Waals surface area contributed by atoms with E-state index in [-0.39, 0.29) is 5.41 Å². The minimum atomic E-state index is -0.106. The van der Waals surface area contributed by atoms with Crippen LogP contribution >= 0.6 is 0 Å². The molecule has 0 aromatic heterocycles. The number of rotatable bonds is 2. The van der Waals surface area contributed by atoms with Gasteiger partial charge in [-0.25, -0.2) is 0 Å². The maximum Gasteiger partial charge on any atom is 0.0689 e. The predicted molar refractivity (Wildman–Crippen MR) is 92.0 cm³/mol. The fraction of sp³-hybridized carbons (Fsp3) is 0.762. The molecule has 0 heterocycles. The van der Waals surface area contributed by atoms with Gasteiger partial charge in [-0.3, -0.25) is 0 Å². The van der Waals surface area contributed by atoms with E-state index in [1.54, 1.807) is 0 Å². The molecule has 0 unspecified atom stereocenters. The van der Waals surface area contributed by atoms with Gasteiger partial charge in [0.05, 0.1) is 11.5 Å². The second-order valence-electron chi connectivity index (χ2n) is 8.77. The number of nitrogens with zero attached hydrogens (tertiary/aromatic N) is 1. The Morgan fingerprint density at radius 2 is 2.14 bits per heavy atom. The van der Waals surface area contributed by atoms with Crippen LogP contribution in [0.1, 0.15) is 59.3 Å². The molecular formula is C21H31N. The molecule has 0 N–H and O–H groups in total. The van der Waals surface area contributed by atoms with Crippen molar-refractivity contribution in [2.75, 3.05) is 0 Å². The van der Waals surface area contributed by atoms with Crippen LogP contribution in [0.15, 0.2) is 24.3 Å². The third kappa shape index (κ3) is 2.36. The van der Waals surface area contributed by atoms with Crippen LogP contribution in [-0.2, 0) is 0 Å². The molecule has 0 bridgehead atoms. The molecule has 120 valence electrons. The number of hydrogen-bond acceptors (Lipinski definition) is 1. The maximum atomic E-state index is 9.81. The Balaban J connectivity index is 1.98. The van der Waals surface area contributed by atoms with E-state index in [0.717, 1.165) is 31.1 Å². The highest BCUT2D eigenvalue weighted by Gasteiger charge is 2.56. The van der Waals surface area contributed by atoms with Crippen molar-refractivity contribution in [2.24, 2.45) is 40.9 Å². The average Bonchev–Trinajstić information content (AvgIpc) is 2.45. The van der Waals surface area contributed by atoms with E-state index >= 15 is 0 Å². The highest BCUT2D eigenvalue weighted by Crippen LogP contribution is 2.62. The zero-order chi connectivity index (χ0) is 16.1. The lowest BCUT2D eigenvalue weighted by molar-refractivity contribution is -0.0696. The number of allylic oxidation sites excluding steroid dienone is 2. The summed E-state index contributed by atoms with van der Waals surface area (Å²) in [6.07, 6.45) is 7.14. The Kier molecular flexibility index (Phi) is 4.00. The van der Waals surface area contributed by atoms with Gasteiger partial charge in [0.1, 0.15) is 0 Å². The monoisotopic (exact) mass is 297 g/mol. The van der Waals surface area contributed by atoms with Gasteiger partial charge in [-0.1, -0.05) is 24.6 Å². The Morgan fingerprint density at radius 1 is 1.41 bits per heavy atom. The molecule has 3 fully saturated rings. The third-order valence-corrected chi connectivity index (χ3v) is 7.22. The summed E-state index contributed by atoms with van der Waals surface area (Å²) in [5.74, 6) is 4.25. The maximum absolute atomic E-state index is 9.81. The first-order chi connectivity index (χ1) is 10.4. The van der Waals surface area contributed by atoms with Gasteiger partial charge in [-0.2, -0.15) is 5.26 Å². The topological polar surface area (TPSA) is 23.8 Å². The van der Waals surface area contributed by atoms with Gasteiger partial charge in [0.15, 0.2) is 0 Å². The van der Waals surface area contributed by atoms with Crippen molar-refractivity contribution in [3.63, 3.8) is 0 Å². The number of nitriles is 1. The van der Waals surface area contributed by atoms with Crippen LogP contribution in [0.2, 0.25) is 0 Å². The van der Waals surface area contributed by atoms with Gasteiger partial charge in [0, 0.05) is 0 Å². The summed E-state index contributed by atoms with van der Waals surface area (Å²) in [5.41, 5.74) is 2.68. The summed E-state index contributed by atoms with van der Waals surface area (Å²) in [5, 5.41) is 9.81. The molecule has 0 aliphatic heterocycles. The quantitative estimate of drug-likeness (QED) is 0.596. The molecular weight excluding hydrogens is 266 g/mol. The van der Waals surface area contributed by atoms with Crippen molar-refractivity contribution in [1.29, 1.82) is 5.26 Å². The first-order valence-electron chi connectivity index (χ1n) is 9.10. The molecule has 3 aliphatic rings. The lowest BCUT2D eigenvalue weighted by atomic mass is 9.45. The second-order valence-corrected chi connectivity index (χ2v) is 8.77. The standard InChI is InChI=1S/C21H31N/c1-13(2)10-16-11-15(4)17-8-9-21(5,12-22)18-7-6-14(3)19(16)20(17)18/h15-20H,1,3,6-11H2,2,4-5H3/t15-,16+,17+,18-,19-,20+,21+/m0/s1. The van der Waals surface area contributed by atoms with Gasteiger partial charge in [0.25, 0.3) is 0 Å². The van der Waals surface area contributed by atoms with Gasteiger partial charge >= 0.3 is 0 Å². The third-order valence-electron chi connectivity index (χ3n) is 7.22. The van der Waals surface area contributed by atoms with Crippen molar-refractivity contribution >= 4 is 0 Å². The molecule has 1 heteroatoms. The molecule has 0 spiro atoms. The highest BCUT2D eigenvalue weighted by molar-refractivity contribution is 5.20. The fourth-order valence-electron chi connectivity index (χ4n) is 6.28. The molecule has 0 radical (unpaired) electrons. The summed E-state index contributed by atoms with van der Waals surface area (Å²) >= 11 is 0. The SMILES string of the molecule is C=C(C)C[C@@H]1C[C@H](C)[C@H]2CC[C@](C)(C#N)[C@H]3CCC(=C)[C@@H]1[C@H]23. The van der Waals surface area contributed by atoms with E-state index in [0.29, 0.717) is 23.7 Å². The lowest BCUT2D eigenvalue weighted by Crippen LogP contribution is -2.53. The minimum Gasteiger partial charge on any atom is -0.198 e. The van der Waals surface area contributed by atoms with Crippen molar-refractivity contribution < 1.29 is 0 Å². The first-order valence-corrected chi connectivity index (χ1v) is 9.10. The molecule has 0 aromatic carbocycles. The zero-order valence-corrected chi connectivity index (χ0v) is 14.6. The molecule has 3 aliphatic carbocycles. The Morgan fingerprint density at radius 3 is 2.77 bits per heavy atom. The van der Waals surface area contributed by atoms with Crippen molar-refractivity contribution in [3.05, 3.63) is 24.3 Å². The average molecular weight is 297 g/mol. The van der Waals surface area contributed by atoms with E-state index in [9.17, 15) is 5.26 Å². The zero-order valence-electron chi connectivity index (χ0n) is 14.6. The van der Waals surface area contributed by atoms with E-state index in [4.69, 9.17) is 0 Å². The summed E-state index contributed by atoms with van der Waals surface area (Å²) in [6, 6.07) is 2.71. The van der Waals surface area contributed by atoms with Gasteiger partial charge in [0.2, 0.25) is 0 Å². The van der Waals surface area contributed by atoms with Gasteiger partial charge < -0.3 is 0 Å². The van der Waals surface area contributed by atoms with Crippen molar-refractivity contribution in [3.8, 4) is 6.07 Å².